The molecule has 3 N–H and O–H groups in total. The maximum Gasteiger partial charge on any atom is 0.152 e. The Morgan fingerprint density at radius 3 is 2.95 bits per heavy atom. The monoisotopic (exact) mass is 524 g/mol. The fourth-order valence-electron chi connectivity index (χ4n) is 2.25. The third kappa shape index (κ3) is 3.11. The largest absolute Gasteiger partial charge is 0.433 e. The van der Waals surface area contributed by atoms with Gasteiger partial charge in [-0.1, -0.05) is 6.92 Å². The molecule has 20 heavy (non-hydrogen) atoms. The summed E-state index contributed by atoms with van der Waals surface area (Å²) >= 11 is 0. The molecule has 3 rings (SSSR count). The van der Waals surface area contributed by atoms with E-state index in [0.29, 0.717) is 17.6 Å². The second-order valence-corrected chi connectivity index (χ2v) is 4.39. The quantitative estimate of drug-likeness (QED) is 0.549. The average Bonchev–Trinajstić information content (AvgIpc) is 2.93. The third-order valence-corrected chi connectivity index (χ3v) is 3.23. The molecule has 1 fully saturated rings. The number of hydrogen-bond acceptors (Lipinski definition) is 6. The molecule has 3 atom stereocenters. The molecule has 0 aromatic carbocycles. The smallest absolute Gasteiger partial charge is 0.152 e. The Labute approximate surface area is 155 Å². The zero-order chi connectivity index (χ0) is 12.7. The van der Waals surface area contributed by atoms with Gasteiger partial charge in [0.2, 0.25) is 0 Å². The zero-order valence-electron chi connectivity index (χ0n) is 10.9. The second-order valence-electron chi connectivity index (χ2n) is 4.39. The van der Waals surface area contributed by atoms with Crippen molar-refractivity contribution in [2.24, 2.45) is 0 Å². The van der Waals surface area contributed by atoms with E-state index in [-0.39, 0.29) is 65.1 Å². The van der Waals surface area contributed by atoms with E-state index in [0.717, 1.165) is 6.42 Å². The number of nitrogens with two attached hydrogens (primary N) is 1. The number of anilines is 1. The van der Waals surface area contributed by atoms with Crippen LogP contribution < -0.4 is 5.73 Å². The van der Waals surface area contributed by atoms with Gasteiger partial charge in [-0.25, -0.2) is 0 Å². The molecule has 0 amide bonds. The van der Waals surface area contributed by atoms with Gasteiger partial charge < -0.3 is 30.1 Å². The molecule has 1 saturated heterocycles. The molecule has 3 heterocycles. The fraction of sp³-hybridized carbons (Fsp3) is 0.545. The van der Waals surface area contributed by atoms with Crippen LogP contribution in [0.15, 0.2) is 6.33 Å². The first-order valence-electron chi connectivity index (χ1n) is 5.90. The van der Waals surface area contributed by atoms with Gasteiger partial charge in [0.1, 0.15) is 6.10 Å². The van der Waals surface area contributed by atoms with Crippen LogP contribution in [0.1, 0.15) is 26.0 Å². The maximum absolute atomic E-state index is 10.0. The van der Waals surface area contributed by atoms with Gasteiger partial charge in [0.15, 0.2) is 6.23 Å². The van der Waals surface area contributed by atoms with Gasteiger partial charge >= 0.3 is 0 Å². The molecule has 2 aromatic heterocycles. The van der Waals surface area contributed by atoms with Crippen LogP contribution in [0.2, 0.25) is 0 Å². The number of imidazole rings is 1. The molecule has 1 aliphatic rings. The summed E-state index contributed by atoms with van der Waals surface area (Å²) in [5.74, 6) is 0.276. The predicted octanol–water partition coefficient (Wildman–Crippen LogP) is 0.262. The van der Waals surface area contributed by atoms with Crippen LogP contribution >= 0.6 is 0 Å². The van der Waals surface area contributed by atoms with Crippen LogP contribution in [0.3, 0.4) is 0 Å². The summed E-state index contributed by atoms with van der Waals surface area (Å²) in [7, 11) is 0. The number of nitrogen functional groups attached to an aromatic ring is 1. The van der Waals surface area contributed by atoms with E-state index in [1.165, 1.54) is 0 Å². The third-order valence-electron chi connectivity index (χ3n) is 3.23. The van der Waals surface area contributed by atoms with Crippen LogP contribution in [0.5, 0.6) is 0 Å². The first-order valence-corrected chi connectivity index (χ1v) is 5.90. The molecular formula is C11H14N5O2ReY-. The Balaban J connectivity index is 0.000001000. The average molecular weight is 523 g/mol. The summed E-state index contributed by atoms with van der Waals surface area (Å²) in [5, 5.41) is 10.0. The van der Waals surface area contributed by atoms with Crippen LogP contribution in [-0.4, -0.2) is 36.8 Å². The van der Waals surface area contributed by atoms with Crippen molar-refractivity contribution in [1.82, 2.24) is 19.5 Å². The number of aliphatic hydroxyl groups excluding tert-OH is 1. The van der Waals surface area contributed by atoms with E-state index in [4.69, 9.17) is 10.5 Å². The Kier molecular flexibility index (Phi) is 6.64. The van der Waals surface area contributed by atoms with Crippen molar-refractivity contribution in [1.29, 1.82) is 0 Å². The molecule has 0 aliphatic carbocycles. The van der Waals surface area contributed by atoms with Gasteiger partial charge in [0, 0.05) is 77.2 Å². The fourth-order valence-corrected chi connectivity index (χ4v) is 2.25. The first kappa shape index (κ1) is 18.1. The van der Waals surface area contributed by atoms with Gasteiger partial charge in [-0.2, -0.15) is 0 Å². The summed E-state index contributed by atoms with van der Waals surface area (Å²) in [6.07, 6.45) is 4.54. The van der Waals surface area contributed by atoms with Crippen LogP contribution in [0.25, 0.3) is 11.2 Å². The molecule has 2 aromatic rings. The summed E-state index contributed by atoms with van der Waals surface area (Å²) in [6, 6.07) is 0. The van der Waals surface area contributed by atoms with E-state index in [2.05, 4.69) is 21.3 Å². The number of hydrogen-bond donors (Lipinski definition) is 2. The molecule has 106 valence electrons. The molecule has 0 saturated carbocycles. The van der Waals surface area contributed by atoms with Crippen molar-refractivity contribution in [2.45, 2.75) is 38.2 Å². The number of rotatable bonds is 2. The van der Waals surface area contributed by atoms with E-state index < -0.39 is 12.3 Å². The van der Waals surface area contributed by atoms with Gasteiger partial charge in [-0.3, -0.25) is 4.98 Å². The summed E-state index contributed by atoms with van der Waals surface area (Å²) in [5.41, 5.74) is 6.73. The predicted molar refractivity (Wildman–Crippen MR) is 63.4 cm³/mol. The van der Waals surface area contributed by atoms with Gasteiger partial charge in [-0.15, -0.1) is 0 Å². The second kappa shape index (κ2) is 7.35. The maximum atomic E-state index is 10.0. The van der Waals surface area contributed by atoms with E-state index in [9.17, 15) is 5.11 Å². The van der Waals surface area contributed by atoms with Gasteiger partial charge in [0.25, 0.3) is 0 Å². The van der Waals surface area contributed by atoms with Gasteiger partial charge in [0.05, 0.1) is 18.1 Å². The number of nitrogens with zero attached hydrogens (tertiary/aromatic N) is 4. The van der Waals surface area contributed by atoms with Crippen molar-refractivity contribution < 1.29 is 63.0 Å². The molecule has 1 unspecified atom stereocenters. The summed E-state index contributed by atoms with van der Waals surface area (Å²) in [6.45, 7) is 2.03. The molecule has 1 aliphatic heterocycles. The first-order chi connectivity index (χ1) is 8.70. The normalized spacial score (nSPS) is 25.2. The zero-order valence-corrected chi connectivity index (χ0v) is 16.5. The van der Waals surface area contributed by atoms with Crippen LogP contribution in [0, 0.1) is 6.33 Å². The summed E-state index contributed by atoms with van der Waals surface area (Å²) < 4.78 is 7.46. The van der Waals surface area contributed by atoms with Crippen molar-refractivity contribution in [3.63, 3.8) is 0 Å². The minimum absolute atomic E-state index is 0. The number of fused-ring (bicyclic) bond motifs is 1. The molecular weight excluding hydrogens is 509 g/mol. The summed E-state index contributed by atoms with van der Waals surface area (Å²) in [4.78, 5) is 11.9. The van der Waals surface area contributed by atoms with Crippen molar-refractivity contribution >= 4 is 17.0 Å². The molecule has 0 bridgehead atoms. The topological polar surface area (TPSA) is 99.1 Å². The minimum Gasteiger partial charge on any atom is -0.433 e. The number of ether oxygens (including phenoxy) is 1. The number of aliphatic hydroxyl groups is 1. The molecule has 7 nitrogen and oxygen atoms in total. The molecule has 0 spiro atoms. The van der Waals surface area contributed by atoms with Gasteiger partial charge in [-0.05, 0) is 6.42 Å². The Bertz CT molecular complexity index is 581. The Morgan fingerprint density at radius 1 is 1.55 bits per heavy atom. The molecule has 9 heteroatoms. The van der Waals surface area contributed by atoms with Crippen molar-refractivity contribution in [2.75, 3.05) is 5.73 Å². The van der Waals surface area contributed by atoms with E-state index >= 15 is 0 Å². The molecule has 2 radical (unpaired) electrons. The Hall–Kier alpha value is 0.0362. The number of aromatic nitrogens is 4. The Morgan fingerprint density at radius 2 is 2.30 bits per heavy atom. The van der Waals surface area contributed by atoms with Crippen molar-refractivity contribution in [3.05, 3.63) is 12.7 Å². The van der Waals surface area contributed by atoms with Crippen LogP contribution in [-0.2, 0) is 57.9 Å². The minimum atomic E-state index is -0.566. The van der Waals surface area contributed by atoms with E-state index in [1.54, 1.807) is 10.9 Å². The van der Waals surface area contributed by atoms with Crippen molar-refractivity contribution in [3.8, 4) is 0 Å². The SMILES string of the molecule is CC[C@@H]1C[C@H](O)C(n2cnc3c(N)n[c-]nc32)O1.[Re].[Y]. The van der Waals surface area contributed by atoms with Crippen LogP contribution in [0.4, 0.5) is 5.82 Å². The van der Waals surface area contributed by atoms with E-state index in [1.807, 2.05) is 6.92 Å². The standard InChI is InChI=1S/C11H14N5O2.Re.Y/c1-2-6-3-7(17)11(18-6)16-5-15-8-9(12)13-4-14-10(8)16;;/h5-7,11,17H,2-3H2,1H3,(H2,12,13,14);;/q-1;;/t6-,7+,11?;;/m1../s1.